The lowest BCUT2D eigenvalue weighted by Gasteiger charge is -2.30. The highest BCUT2D eigenvalue weighted by Gasteiger charge is 2.21. The zero-order valence-corrected chi connectivity index (χ0v) is 10.2. The summed E-state index contributed by atoms with van der Waals surface area (Å²) in [5.74, 6) is 0. The lowest BCUT2D eigenvalue weighted by atomic mass is 10.1. The fraction of sp³-hybridized carbons (Fsp3) is 0.571. The van der Waals surface area contributed by atoms with Crippen molar-refractivity contribution in [2.75, 3.05) is 11.4 Å². The first-order chi connectivity index (χ1) is 7.85. The third-order valence-corrected chi connectivity index (χ3v) is 3.58. The Bertz CT molecular complexity index is 329. The molecule has 0 amide bonds. The molecule has 0 radical (unpaired) electrons. The number of anilines is 1. The molecule has 88 valence electrons. The summed E-state index contributed by atoms with van der Waals surface area (Å²) in [5, 5.41) is 0. The van der Waals surface area contributed by atoms with Crippen molar-refractivity contribution in [3.63, 3.8) is 0 Å². The van der Waals surface area contributed by atoms with Gasteiger partial charge in [0.2, 0.25) is 0 Å². The molecule has 1 aliphatic carbocycles. The number of hydrogen-bond donors (Lipinski definition) is 1. The van der Waals surface area contributed by atoms with Crippen LogP contribution in [0.4, 0.5) is 5.69 Å². The highest BCUT2D eigenvalue weighted by molar-refractivity contribution is 5.49. The molecule has 2 rings (SSSR count). The minimum atomic E-state index is 0.635. The van der Waals surface area contributed by atoms with Crippen LogP contribution in [-0.4, -0.2) is 12.6 Å². The molecule has 1 aliphatic rings. The number of nitrogens with zero attached hydrogens (tertiary/aromatic N) is 1. The molecular weight excluding hydrogens is 196 g/mol. The smallest absolute Gasteiger partial charge is 0.0371 e. The molecule has 1 saturated carbocycles. The minimum absolute atomic E-state index is 0.635. The van der Waals surface area contributed by atoms with E-state index in [1.165, 1.54) is 36.9 Å². The molecule has 0 unspecified atom stereocenters. The fourth-order valence-corrected chi connectivity index (χ4v) is 2.73. The van der Waals surface area contributed by atoms with Gasteiger partial charge in [-0.2, -0.15) is 0 Å². The van der Waals surface area contributed by atoms with Gasteiger partial charge in [-0.05, 0) is 37.5 Å². The third-order valence-electron chi connectivity index (χ3n) is 3.58. The van der Waals surface area contributed by atoms with Crippen molar-refractivity contribution in [1.29, 1.82) is 0 Å². The molecule has 0 saturated heterocycles. The van der Waals surface area contributed by atoms with Crippen molar-refractivity contribution in [1.82, 2.24) is 0 Å². The zero-order chi connectivity index (χ0) is 11.4. The quantitative estimate of drug-likeness (QED) is 0.842. The van der Waals surface area contributed by atoms with E-state index in [0.29, 0.717) is 6.54 Å². The summed E-state index contributed by atoms with van der Waals surface area (Å²) < 4.78 is 0. The average Bonchev–Trinajstić information content (AvgIpc) is 2.84. The molecule has 2 nitrogen and oxygen atoms in total. The summed E-state index contributed by atoms with van der Waals surface area (Å²) in [6.45, 7) is 3.97. The summed E-state index contributed by atoms with van der Waals surface area (Å²) in [6.07, 6.45) is 5.47. The van der Waals surface area contributed by atoms with Crippen molar-refractivity contribution in [3.05, 3.63) is 29.8 Å². The molecule has 2 N–H and O–H groups in total. The Morgan fingerprint density at radius 1 is 1.31 bits per heavy atom. The SMILES string of the molecule is CCN(c1cccc(CN)c1)C1CCCC1. The first kappa shape index (κ1) is 11.5. The van der Waals surface area contributed by atoms with Crippen LogP contribution in [0.1, 0.15) is 38.2 Å². The maximum Gasteiger partial charge on any atom is 0.0371 e. The van der Waals surface area contributed by atoms with E-state index in [-0.39, 0.29) is 0 Å². The molecule has 0 heterocycles. The van der Waals surface area contributed by atoms with E-state index in [1.54, 1.807) is 0 Å². The topological polar surface area (TPSA) is 29.3 Å². The number of hydrogen-bond acceptors (Lipinski definition) is 2. The standard InChI is InChI=1S/C14H22N2/c1-2-16(13-7-3-4-8-13)14-9-5-6-12(10-14)11-15/h5-6,9-10,13H,2-4,7-8,11,15H2,1H3. The lowest BCUT2D eigenvalue weighted by molar-refractivity contribution is 0.619. The molecule has 1 aromatic carbocycles. The van der Waals surface area contributed by atoms with Gasteiger partial charge in [-0.15, -0.1) is 0 Å². The Hall–Kier alpha value is -1.02. The van der Waals surface area contributed by atoms with Crippen LogP contribution in [0.15, 0.2) is 24.3 Å². The monoisotopic (exact) mass is 218 g/mol. The summed E-state index contributed by atoms with van der Waals surface area (Å²) in [7, 11) is 0. The molecular formula is C14H22N2. The zero-order valence-electron chi connectivity index (χ0n) is 10.2. The summed E-state index contributed by atoms with van der Waals surface area (Å²) in [6, 6.07) is 9.42. The lowest BCUT2D eigenvalue weighted by Crippen LogP contribution is -2.32. The van der Waals surface area contributed by atoms with Gasteiger partial charge in [-0.25, -0.2) is 0 Å². The highest BCUT2D eigenvalue weighted by Crippen LogP contribution is 2.28. The number of benzene rings is 1. The maximum absolute atomic E-state index is 5.70. The van der Waals surface area contributed by atoms with E-state index in [0.717, 1.165) is 12.6 Å². The summed E-state index contributed by atoms with van der Waals surface area (Å²) >= 11 is 0. The second-order valence-electron chi connectivity index (χ2n) is 4.60. The van der Waals surface area contributed by atoms with Gasteiger partial charge in [0.1, 0.15) is 0 Å². The molecule has 2 heteroatoms. The van der Waals surface area contributed by atoms with E-state index in [1.807, 2.05) is 0 Å². The van der Waals surface area contributed by atoms with Gasteiger partial charge in [0.15, 0.2) is 0 Å². The van der Waals surface area contributed by atoms with Crippen molar-refractivity contribution >= 4 is 5.69 Å². The highest BCUT2D eigenvalue weighted by atomic mass is 15.2. The molecule has 0 aromatic heterocycles. The molecule has 0 atom stereocenters. The van der Waals surface area contributed by atoms with E-state index in [2.05, 4.69) is 36.1 Å². The molecule has 1 aromatic rings. The van der Waals surface area contributed by atoms with Crippen LogP contribution in [0.5, 0.6) is 0 Å². The first-order valence-electron chi connectivity index (χ1n) is 6.40. The Morgan fingerprint density at radius 2 is 2.06 bits per heavy atom. The van der Waals surface area contributed by atoms with Crippen LogP contribution in [-0.2, 0) is 6.54 Å². The minimum Gasteiger partial charge on any atom is -0.369 e. The van der Waals surface area contributed by atoms with Crippen molar-refractivity contribution in [3.8, 4) is 0 Å². The molecule has 0 bridgehead atoms. The predicted molar refractivity (Wildman–Crippen MR) is 69.6 cm³/mol. The van der Waals surface area contributed by atoms with Crippen molar-refractivity contribution in [2.45, 2.75) is 45.2 Å². The second-order valence-corrected chi connectivity index (χ2v) is 4.60. The van der Waals surface area contributed by atoms with Gasteiger partial charge in [-0.1, -0.05) is 25.0 Å². The largest absolute Gasteiger partial charge is 0.369 e. The van der Waals surface area contributed by atoms with Gasteiger partial charge in [0.25, 0.3) is 0 Å². The third kappa shape index (κ3) is 2.38. The number of nitrogens with two attached hydrogens (primary N) is 1. The van der Waals surface area contributed by atoms with E-state index >= 15 is 0 Å². The van der Waals surface area contributed by atoms with Crippen LogP contribution in [0.25, 0.3) is 0 Å². The van der Waals surface area contributed by atoms with Crippen LogP contribution in [0.2, 0.25) is 0 Å². The Kier molecular flexibility index (Phi) is 3.83. The van der Waals surface area contributed by atoms with Gasteiger partial charge >= 0.3 is 0 Å². The molecule has 0 aliphatic heterocycles. The van der Waals surface area contributed by atoms with E-state index in [9.17, 15) is 0 Å². The van der Waals surface area contributed by atoms with E-state index in [4.69, 9.17) is 5.73 Å². The number of rotatable bonds is 4. The summed E-state index contributed by atoms with van der Waals surface area (Å²) in [5.41, 5.74) is 8.27. The first-order valence-corrected chi connectivity index (χ1v) is 6.40. The van der Waals surface area contributed by atoms with Gasteiger partial charge < -0.3 is 10.6 Å². The Morgan fingerprint density at radius 3 is 2.69 bits per heavy atom. The van der Waals surface area contributed by atoms with Crippen LogP contribution in [0, 0.1) is 0 Å². The van der Waals surface area contributed by atoms with Crippen LogP contribution >= 0.6 is 0 Å². The second kappa shape index (κ2) is 5.35. The molecule has 16 heavy (non-hydrogen) atoms. The van der Waals surface area contributed by atoms with Gasteiger partial charge in [0, 0.05) is 24.8 Å². The van der Waals surface area contributed by atoms with Gasteiger partial charge in [-0.3, -0.25) is 0 Å². The van der Waals surface area contributed by atoms with Gasteiger partial charge in [0.05, 0.1) is 0 Å². The summed E-state index contributed by atoms with van der Waals surface area (Å²) in [4.78, 5) is 2.53. The Balaban J connectivity index is 2.18. The van der Waals surface area contributed by atoms with Crippen LogP contribution < -0.4 is 10.6 Å². The molecule has 0 spiro atoms. The average molecular weight is 218 g/mol. The Labute approximate surface area is 98.4 Å². The maximum atomic E-state index is 5.70. The van der Waals surface area contributed by atoms with Crippen molar-refractivity contribution < 1.29 is 0 Å². The molecule has 1 fully saturated rings. The fourth-order valence-electron chi connectivity index (χ4n) is 2.73. The van der Waals surface area contributed by atoms with Crippen LogP contribution in [0.3, 0.4) is 0 Å². The van der Waals surface area contributed by atoms with Crippen molar-refractivity contribution in [2.24, 2.45) is 5.73 Å². The predicted octanol–water partition coefficient (Wildman–Crippen LogP) is 2.91. The van der Waals surface area contributed by atoms with E-state index < -0.39 is 0 Å². The normalized spacial score (nSPS) is 16.6.